The second-order valence-corrected chi connectivity index (χ2v) is 5.74. The Labute approximate surface area is 141 Å². The van der Waals surface area contributed by atoms with Crippen LogP contribution < -0.4 is 5.56 Å². The van der Waals surface area contributed by atoms with E-state index in [9.17, 15) is 9.59 Å². The van der Waals surface area contributed by atoms with Crippen molar-refractivity contribution in [3.8, 4) is 0 Å². The second kappa shape index (κ2) is 8.59. The van der Waals surface area contributed by atoms with E-state index in [0.717, 1.165) is 19.3 Å². The van der Waals surface area contributed by atoms with Crippen LogP contribution in [0.5, 0.6) is 0 Å². The molecule has 0 atom stereocenters. The van der Waals surface area contributed by atoms with Crippen molar-refractivity contribution >= 4 is 16.7 Å². The van der Waals surface area contributed by atoms with Gasteiger partial charge in [-0.1, -0.05) is 38.0 Å². The number of rotatable bonds is 8. The van der Waals surface area contributed by atoms with Gasteiger partial charge in [0.05, 0.1) is 12.0 Å². The van der Waals surface area contributed by atoms with Crippen LogP contribution in [0.4, 0.5) is 0 Å². The van der Waals surface area contributed by atoms with Crippen LogP contribution in [0.1, 0.15) is 43.6 Å². The lowest BCUT2D eigenvalue weighted by Gasteiger charge is -2.20. The number of hydrogen-bond acceptors (Lipinski definition) is 4. The molecule has 0 unspecified atom stereocenters. The molecule has 0 bridgehead atoms. The minimum Gasteiger partial charge on any atom is -0.395 e. The first kappa shape index (κ1) is 18.1. The Hall–Kier alpha value is -2.21. The van der Waals surface area contributed by atoms with Crippen molar-refractivity contribution in [1.82, 2.24) is 14.7 Å². The van der Waals surface area contributed by atoms with E-state index in [2.05, 4.69) is 12.0 Å². The van der Waals surface area contributed by atoms with Gasteiger partial charge < -0.3 is 10.0 Å². The average Bonchev–Trinajstić information content (AvgIpc) is 2.61. The molecule has 2 aromatic rings. The molecular formula is C18H25N3O3. The minimum atomic E-state index is -0.257. The molecule has 1 heterocycles. The second-order valence-electron chi connectivity index (χ2n) is 5.74. The van der Waals surface area contributed by atoms with E-state index < -0.39 is 0 Å². The van der Waals surface area contributed by atoms with Gasteiger partial charge >= 0.3 is 0 Å². The van der Waals surface area contributed by atoms with E-state index in [-0.39, 0.29) is 30.3 Å². The summed E-state index contributed by atoms with van der Waals surface area (Å²) in [6.07, 6.45) is 2.91. The molecule has 0 saturated carbocycles. The van der Waals surface area contributed by atoms with Crippen molar-refractivity contribution in [1.29, 1.82) is 0 Å². The summed E-state index contributed by atoms with van der Waals surface area (Å²) in [5.41, 5.74) is 0.112. The van der Waals surface area contributed by atoms with Crippen LogP contribution in [0.3, 0.4) is 0 Å². The number of carbonyl (C=O) groups is 1. The van der Waals surface area contributed by atoms with Crippen LogP contribution >= 0.6 is 0 Å². The van der Waals surface area contributed by atoms with Crippen molar-refractivity contribution in [3.05, 3.63) is 40.3 Å². The lowest BCUT2D eigenvalue weighted by Crippen LogP contribution is -2.36. The summed E-state index contributed by atoms with van der Waals surface area (Å²) in [6.45, 7) is 5.08. The van der Waals surface area contributed by atoms with E-state index in [4.69, 9.17) is 5.11 Å². The lowest BCUT2D eigenvalue weighted by atomic mass is 10.1. The Morgan fingerprint density at radius 3 is 2.54 bits per heavy atom. The number of carbonyl (C=O) groups excluding carboxylic acids is 1. The summed E-state index contributed by atoms with van der Waals surface area (Å²) < 4.78 is 1.40. The third-order valence-corrected chi connectivity index (χ3v) is 4.08. The molecule has 0 aliphatic heterocycles. The quantitative estimate of drug-likeness (QED) is 0.751. The van der Waals surface area contributed by atoms with Crippen molar-refractivity contribution in [2.45, 2.75) is 39.7 Å². The third kappa shape index (κ3) is 3.82. The molecule has 6 nitrogen and oxygen atoms in total. The summed E-state index contributed by atoms with van der Waals surface area (Å²) in [4.78, 5) is 26.9. The monoisotopic (exact) mass is 331 g/mol. The number of aliphatic hydroxyl groups excluding tert-OH is 1. The van der Waals surface area contributed by atoms with Gasteiger partial charge in [0.2, 0.25) is 0 Å². The maximum absolute atomic E-state index is 12.8. The number of nitrogens with zero attached hydrogens (tertiary/aromatic N) is 3. The van der Waals surface area contributed by atoms with Crippen LogP contribution in [0.25, 0.3) is 10.8 Å². The number of unbranched alkanes of at least 4 members (excludes halogenated alkanes) is 2. The highest BCUT2D eigenvalue weighted by molar-refractivity contribution is 6.04. The highest BCUT2D eigenvalue weighted by atomic mass is 16.3. The standard InChI is InChI=1S/C18H25N3O3/c1-3-5-8-11-21-17(23)15-10-7-6-9-14(15)16(19-21)18(24)20(4-2)12-13-22/h6-7,9-10,22H,3-5,8,11-13H2,1-2H3. The molecule has 6 heteroatoms. The Balaban J connectivity index is 2.53. The maximum atomic E-state index is 12.8. The Morgan fingerprint density at radius 2 is 1.92 bits per heavy atom. The molecule has 0 saturated heterocycles. The van der Waals surface area contributed by atoms with E-state index in [1.165, 1.54) is 9.58 Å². The Kier molecular flexibility index (Phi) is 6.49. The lowest BCUT2D eigenvalue weighted by molar-refractivity contribution is 0.0725. The highest BCUT2D eigenvalue weighted by Crippen LogP contribution is 2.15. The molecule has 1 aromatic carbocycles. The predicted octanol–water partition coefficient (Wildman–Crippen LogP) is 2.04. The third-order valence-electron chi connectivity index (χ3n) is 4.08. The summed E-state index contributed by atoms with van der Waals surface area (Å²) >= 11 is 0. The average molecular weight is 331 g/mol. The van der Waals surface area contributed by atoms with Gasteiger partial charge in [-0.05, 0) is 19.4 Å². The minimum absolute atomic E-state index is 0.104. The fraction of sp³-hybridized carbons (Fsp3) is 0.500. The number of fused-ring (bicyclic) bond motifs is 1. The first-order valence-corrected chi connectivity index (χ1v) is 8.54. The zero-order valence-electron chi connectivity index (χ0n) is 14.4. The van der Waals surface area contributed by atoms with Crippen molar-refractivity contribution < 1.29 is 9.90 Å². The summed E-state index contributed by atoms with van der Waals surface area (Å²) in [5.74, 6) is -0.257. The first-order chi connectivity index (χ1) is 11.6. The van der Waals surface area contributed by atoms with E-state index in [1.807, 2.05) is 6.92 Å². The number of amides is 1. The van der Waals surface area contributed by atoms with Crippen LogP contribution in [-0.4, -0.2) is 45.4 Å². The van der Waals surface area contributed by atoms with Gasteiger partial charge in [-0.25, -0.2) is 4.68 Å². The van der Waals surface area contributed by atoms with E-state index in [0.29, 0.717) is 23.9 Å². The summed E-state index contributed by atoms with van der Waals surface area (Å²) in [5, 5.41) is 14.6. The fourth-order valence-electron chi connectivity index (χ4n) is 2.73. The number of aromatic nitrogens is 2. The first-order valence-electron chi connectivity index (χ1n) is 8.54. The summed E-state index contributed by atoms with van der Waals surface area (Å²) in [7, 11) is 0. The van der Waals surface area contributed by atoms with Crippen LogP contribution in [-0.2, 0) is 6.54 Å². The van der Waals surface area contributed by atoms with E-state index in [1.54, 1.807) is 24.3 Å². The molecule has 0 fully saturated rings. The zero-order chi connectivity index (χ0) is 17.5. The Bertz CT molecular complexity index is 755. The molecule has 1 aromatic heterocycles. The van der Waals surface area contributed by atoms with E-state index >= 15 is 0 Å². The van der Waals surface area contributed by atoms with Crippen molar-refractivity contribution in [3.63, 3.8) is 0 Å². The topological polar surface area (TPSA) is 75.4 Å². The number of benzene rings is 1. The molecule has 0 spiro atoms. The smallest absolute Gasteiger partial charge is 0.275 e. The van der Waals surface area contributed by atoms with Crippen LogP contribution in [0, 0.1) is 0 Å². The van der Waals surface area contributed by atoms with Crippen LogP contribution in [0.15, 0.2) is 29.1 Å². The van der Waals surface area contributed by atoms with Gasteiger partial charge in [0.1, 0.15) is 0 Å². The highest BCUT2D eigenvalue weighted by Gasteiger charge is 2.20. The molecule has 0 aliphatic rings. The van der Waals surface area contributed by atoms with Gasteiger partial charge in [0, 0.05) is 25.0 Å². The molecule has 24 heavy (non-hydrogen) atoms. The number of aryl methyl sites for hydroxylation is 1. The molecule has 0 aliphatic carbocycles. The molecule has 1 amide bonds. The fourth-order valence-corrected chi connectivity index (χ4v) is 2.73. The van der Waals surface area contributed by atoms with Crippen molar-refractivity contribution in [2.24, 2.45) is 0 Å². The molecule has 2 rings (SSSR count). The molecule has 1 N–H and O–H groups in total. The Morgan fingerprint density at radius 1 is 1.21 bits per heavy atom. The molecule has 130 valence electrons. The van der Waals surface area contributed by atoms with Gasteiger partial charge in [0.25, 0.3) is 11.5 Å². The van der Waals surface area contributed by atoms with Gasteiger partial charge in [-0.2, -0.15) is 5.10 Å². The molecule has 0 radical (unpaired) electrons. The van der Waals surface area contributed by atoms with Gasteiger partial charge in [-0.3, -0.25) is 9.59 Å². The van der Waals surface area contributed by atoms with Crippen molar-refractivity contribution in [2.75, 3.05) is 19.7 Å². The predicted molar refractivity (Wildman–Crippen MR) is 94.2 cm³/mol. The molecular weight excluding hydrogens is 306 g/mol. The number of hydrogen-bond donors (Lipinski definition) is 1. The van der Waals surface area contributed by atoms with Gasteiger partial charge in [-0.15, -0.1) is 0 Å². The van der Waals surface area contributed by atoms with Gasteiger partial charge in [0.15, 0.2) is 5.69 Å². The SMILES string of the molecule is CCCCCn1nc(C(=O)N(CC)CCO)c2ccccc2c1=O. The van der Waals surface area contributed by atoms with Crippen LogP contribution in [0.2, 0.25) is 0 Å². The number of aliphatic hydroxyl groups is 1. The maximum Gasteiger partial charge on any atom is 0.275 e. The number of likely N-dealkylation sites (N-methyl/N-ethyl adjacent to an activating group) is 1. The largest absolute Gasteiger partial charge is 0.395 e. The normalized spacial score (nSPS) is 11.0. The summed E-state index contributed by atoms with van der Waals surface area (Å²) in [6, 6.07) is 7.07. The zero-order valence-corrected chi connectivity index (χ0v) is 14.4.